The summed E-state index contributed by atoms with van der Waals surface area (Å²) in [6.07, 6.45) is 0.926. The van der Waals surface area contributed by atoms with Crippen molar-refractivity contribution in [3.8, 4) is 17.5 Å². The fourth-order valence-electron chi connectivity index (χ4n) is 3.64. The summed E-state index contributed by atoms with van der Waals surface area (Å²) in [5.74, 6) is 1.42. The summed E-state index contributed by atoms with van der Waals surface area (Å²) in [7, 11) is 1.84. The van der Waals surface area contributed by atoms with Crippen LogP contribution in [-0.4, -0.2) is 35.2 Å². The largest absolute Gasteiger partial charge is 0.510 e. The first-order chi connectivity index (χ1) is 15.5. The van der Waals surface area contributed by atoms with Gasteiger partial charge in [-0.3, -0.25) is 0 Å². The number of aliphatic hydroxyl groups excluding tert-OH is 1. The van der Waals surface area contributed by atoms with Crippen LogP contribution in [-0.2, 0) is 13.6 Å². The lowest BCUT2D eigenvalue weighted by Gasteiger charge is -2.10. The molecule has 2 aromatic carbocycles. The molecule has 4 aromatic rings. The van der Waals surface area contributed by atoms with Crippen LogP contribution in [0.1, 0.15) is 24.7 Å². The van der Waals surface area contributed by atoms with Gasteiger partial charge in [-0.15, -0.1) is 10.2 Å². The summed E-state index contributed by atoms with van der Waals surface area (Å²) in [6.45, 7) is 4.91. The minimum Gasteiger partial charge on any atom is -0.510 e. The van der Waals surface area contributed by atoms with Crippen molar-refractivity contribution >= 4 is 28.4 Å². The van der Waals surface area contributed by atoms with E-state index in [1.54, 1.807) is 0 Å². The second-order valence-electron chi connectivity index (χ2n) is 7.53. The summed E-state index contributed by atoms with van der Waals surface area (Å²) in [5.41, 5.74) is 4.01. The molecule has 0 aliphatic heterocycles. The Morgan fingerprint density at radius 2 is 1.97 bits per heavy atom. The average Bonchev–Trinajstić information content (AvgIpc) is 3.34. The zero-order valence-electron chi connectivity index (χ0n) is 18.3. The molecule has 0 aliphatic rings. The van der Waals surface area contributed by atoms with Crippen molar-refractivity contribution in [3.05, 3.63) is 65.7 Å². The van der Waals surface area contributed by atoms with Gasteiger partial charge in [0.25, 0.3) is 0 Å². The van der Waals surface area contributed by atoms with Gasteiger partial charge in [0.15, 0.2) is 16.8 Å². The predicted molar refractivity (Wildman–Crippen MR) is 127 cm³/mol. The highest BCUT2D eigenvalue weighted by atomic mass is 32.2. The highest BCUT2D eigenvalue weighted by Gasteiger charge is 2.19. The number of hydrogen-bond donors (Lipinski definition) is 1. The number of nitrogens with zero attached hydrogens (tertiary/aromatic N) is 6. The zero-order chi connectivity index (χ0) is 22.7. The molecule has 162 valence electrons. The Kier molecular flexibility index (Phi) is 6.28. The third-order valence-corrected chi connectivity index (χ3v) is 6.17. The third-order valence-electron chi connectivity index (χ3n) is 5.19. The SMILES string of the molecule is CCCn1c(SC/C(O)=C(\C#N)c2nc3ccccc3n2C)nnc1-c1cccc(C)c1. The molecule has 0 saturated carbocycles. The predicted octanol–water partition coefficient (Wildman–Crippen LogP) is 5.14. The summed E-state index contributed by atoms with van der Waals surface area (Å²) in [4.78, 5) is 4.54. The number of nitriles is 1. The van der Waals surface area contributed by atoms with Crippen LogP contribution in [0.3, 0.4) is 0 Å². The van der Waals surface area contributed by atoms with E-state index in [-0.39, 0.29) is 17.1 Å². The van der Waals surface area contributed by atoms with E-state index in [9.17, 15) is 10.4 Å². The molecule has 7 nitrogen and oxygen atoms in total. The maximum absolute atomic E-state index is 10.8. The van der Waals surface area contributed by atoms with Crippen LogP contribution >= 0.6 is 11.8 Å². The highest BCUT2D eigenvalue weighted by Crippen LogP contribution is 2.28. The molecule has 2 heterocycles. The second kappa shape index (κ2) is 9.28. The van der Waals surface area contributed by atoms with Crippen LogP contribution in [0.25, 0.3) is 28.0 Å². The number of aryl methyl sites for hydroxylation is 2. The van der Waals surface area contributed by atoms with Gasteiger partial charge in [-0.2, -0.15) is 5.26 Å². The van der Waals surface area contributed by atoms with Crippen LogP contribution in [0, 0.1) is 18.3 Å². The Labute approximate surface area is 191 Å². The number of hydrogen-bond acceptors (Lipinski definition) is 6. The van der Waals surface area contributed by atoms with E-state index < -0.39 is 0 Å². The van der Waals surface area contributed by atoms with Crippen LogP contribution in [0.2, 0.25) is 0 Å². The van der Waals surface area contributed by atoms with Crippen molar-refractivity contribution in [1.29, 1.82) is 5.26 Å². The maximum Gasteiger partial charge on any atom is 0.191 e. The fourth-order valence-corrected chi connectivity index (χ4v) is 4.48. The average molecular weight is 445 g/mol. The highest BCUT2D eigenvalue weighted by molar-refractivity contribution is 7.99. The molecule has 0 bridgehead atoms. The molecule has 0 unspecified atom stereocenters. The Balaban J connectivity index is 1.64. The monoisotopic (exact) mass is 444 g/mol. The molecule has 0 fully saturated rings. The molecule has 0 atom stereocenters. The van der Waals surface area contributed by atoms with Crippen molar-refractivity contribution in [2.24, 2.45) is 7.05 Å². The molecule has 4 rings (SSSR count). The number of para-hydroxylation sites is 2. The standard InChI is InChI=1S/C24H24N6OS/c1-4-12-30-22(17-9-7-8-16(2)13-17)27-28-24(30)32-15-21(31)18(14-25)23-26-19-10-5-6-11-20(19)29(23)3/h5-11,13,31H,4,12,15H2,1-3H3/b21-18-. The van der Waals surface area contributed by atoms with Gasteiger partial charge >= 0.3 is 0 Å². The molecule has 8 heteroatoms. The number of benzene rings is 2. The molecule has 0 aliphatic carbocycles. The summed E-state index contributed by atoms with van der Waals surface area (Å²) >= 11 is 1.36. The van der Waals surface area contributed by atoms with E-state index in [0.717, 1.165) is 41.0 Å². The molecular formula is C24H24N6OS. The van der Waals surface area contributed by atoms with E-state index in [2.05, 4.69) is 38.8 Å². The minimum absolute atomic E-state index is 0.0286. The van der Waals surface area contributed by atoms with Gasteiger partial charge in [-0.1, -0.05) is 54.6 Å². The topological polar surface area (TPSA) is 92.6 Å². The van der Waals surface area contributed by atoms with Crippen molar-refractivity contribution in [3.63, 3.8) is 0 Å². The molecule has 1 N–H and O–H groups in total. The smallest absolute Gasteiger partial charge is 0.191 e. The number of aromatic nitrogens is 5. The van der Waals surface area contributed by atoms with Gasteiger partial charge in [0.2, 0.25) is 0 Å². The summed E-state index contributed by atoms with van der Waals surface area (Å²) in [5, 5.41) is 30.0. The Morgan fingerprint density at radius 3 is 2.69 bits per heavy atom. The van der Waals surface area contributed by atoms with E-state index in [4.69, 9.17) is 0 Å². The summed E-state index contributed by atoms with van der Waals surface area (Å²) < 4.78 is 3.89. The molecule has 0 radical (unpaired) electrons. The normalized spacial score (nSPS) is 12.1. The van der Waals surface area contributed by atoms with Crippen LogP contribution < -0.4 is 0 Å². The van der Waals surface area contributed by atoms with Gasteiger partial charge in [0, 0.05) is 19.2 Å². The molecule has 0 amide bonds. The van der Waals surface area contributed by atoms with Crippen LogP contribution in [0.15, 0.2) is 59.4 Å². The number of fused-ring (bicyclic) bond motifs is 1. The molecule has 2 aromatic heterocycles. The Hall–Kier alpha value is -3.57. The second-order valence-corrected chi connectivity index (χ2v) is 8.48. The van der Waals surface area contributed by atoms with E-state index >= 15 is 0 Å². The van der Waals surface area contributed by atoms with Crippen LogP contribution in [0.5, 0.6) is 0 Å². The number of imidazole rings is 1. The fraction of sp³-hybridized carbons (Fsp3) is 0.250. The first-order valence-corrected chi connectivity index (χ1v) is 11.4. The number of thioether (sulfide) groups is 1. The van der Waals surface area contributed by atoms with Gasteiger partial charge < -0.3 is 14.2 Å². The molecular weight excluding hydrogens is 420 g/mol. The maximum atomic E-state index is 10.8. The number of aliphatic hydroxyl groups is 1. The van der Waals surface area contributed by atoms with Crippen molar-refractivity contribution in [2.45, 2.75) is 32.0 Å². The molecule has 32 heavy (non-hydrogen) atoms. The Bertz CT molecular complexity index is 1340. The molecule has 0 saturated heterocycles. The first-order valence-electron chi connectivity index (χ1n) is 10.4. The Morgan fingerprint density at radius 1 is 1.16 bits per heavy atom. The lowest BCUT2D eigenvalue weighted by molar-refractivity contribution is 0.420. The van der Waals surface area contributed by atoms with Crippen molar-refractivity contribution < 1.29 is 5.11 Å². The lowest BCUT2D eigenvalue weighted by Crippen LogP contribution is -2.04. The zero-order valence-corrected chi connectivity index (χ0v) is 19.1. The third kappa shape index (κ3) is 4.12. The van der Waals surface area contributed by atoms with E-state index in [1.807, 2.05) is 61.0 Å². The van der Waals surface area contributed by atoms with Gasteiger partial charge in [-0.05, 0) is 31.5 Å². The summed E-state index contributed by atoms with van der Waals surface area (Å²) in [6, 6.07) is 17.9. The van der Waals surface area contributed by atoms with Gasteiger partial charge in [0.1, 0.15) is 17.4 Å². The number of rotatable bonds is 7. The number of allylic oxidation sites excluding steroid dienone is 1. The van der Waals surface area contributed by atoms with Crippen molar-refractivity contribution in [2.75, 3.05) is 5.75 Å². The van der Waals surface area contributed by atoms with Crippen molar-refractivity contribution in [1.82, 2.24) is 24.3 Å². The van der Waals surface area contributed by atoms with Gasteiger partial charge in [-0.25, -0.2) is 4.98 Å². The van der Waals surface area contributed by atoms with Crippen LogP contribution in [0.4, 0.5) is 0 Å². The first kappa shape index (κ1) is 21.7. The quantitative estimate of drug-likeness (QED) is 0.241. The van der Waals surface area contributed by atoms with E-state index in [0.29, 0.717) is 11.0 Å². The lowest BCUT2D eigenvalue weighted by atomic mass is 10.1. The van der Waals surface area contributed by atoms with E-state index in [1.165, 1.54) is 11.8 Å². The molecule has 0 spiro atoms. The minimum atomic E-state index is -0.0286. The van der Waals surface area contributed by atoms with Gasteiger partial charge in [0.05, 0.1) is 16.8 Å².